The van der Waals surface area contributed by atoms with Crippen molar-refractivity contribution in [3.8, 4) is 0 Å². The number of nitrogens with zero attached hydrogens (tertiary/aromatic N) is 2. The third-order valence-corrected chi connectivity index (χ3v) is 12.7. The Morgan fingerprint density at radius 3 is 1.56 bits per heavy atom. The van der Waals surface area contributed by atoms with E-state index in [1.807, 2.05) is 23.5 Å². The van der Waals surface area contributed by atoms with E-state index in [1.54, 1.807) is 11.1 Å². The number of fused-ring (bicyclic) bond motifs is 4. The predicted octanol–water partition coefficient (Wildman–Crippen LogP) is 7.64. The van der Waals surface area contributed by atoms with Crippen molar-refractivity contribution in [1.29, 1.82) is 0 Å². The van der Waals surface area contributed by atoms with Gasteiger partial charge in [-0.1, -0.05) is 60.7 Å². The molecule has 4 nitrogen and oxygen atoms in total. The molecule has 6 heteroatoms. The molecule has 0 aromatic heterocycles. The lowest BCUT2D eigenvalue weighted by Gasteiger charge is -2.47. The number of rotatable bonds is 6. The summed E-state index contributed by atoms with van der Waals surface area (Å²) in [5.41, 5.74) is 8.68. The van der Waals surface area contributed by atoms with Gasteiger partial charge in [-0.05, 0) is 91.5 Å². The van der Waals surface area contributed by atoms with Crippen LogP contribution in [0.15, 0.2) is 115 Å². The predicted molar refractivity (Wildman–Crippen MR) is 171 cm³/mol. The summed E-state index contributed by atoms with van der Waals surface area (Å²) in [5, 5.41) is 0. The van der Waals surface area contributed by atoms with E-state index >= 15 is 0 Å². The minimum absolute atomic E-state index is 0.115. The van der Waals surface area contributed by atoms with Gasteiger partial charge in [0.05, 0.1) is 31.4 Å². The van der Waals surface area contributed by atoms with Crippen LogP contribution in [0.3, 0.4) is 0 Å². The molecule has 0 N–H and O–H groups in total. The van der Waals surface area contributed by atoms with E-state index in [2.05, 4.69) is 86.7 Å². The quantitative estimate of drug-likeness (QED) is 0.353. The molecule has 0 bridgehead atoms. The molecule has 0 unspecified atom stereocenters. The maximum atomic E-state index is 6.26. The smallest absolute Gasteiger partial charge is 0.223 e. The van der Waals surface area contributed by atoms with Crippen LogP contribution in [0.25, 0.3) is 0 Å². The first-order valence-corrected chi connectivity index (χ1v) is 16.4. The highest BCUT2D eigenvalue weighted by atomic mass is 32.2. The fourth-order valence-electron chi connectivity index (χ4n) is 7.24. The molecule has 208 valence electrons. The summed E-state index contributed by atoms with van der Waals surface area (Å²) in [4.78, 5) is 12.5. The van der Waals surface area contributed by atoms with Gasteiger partial charge in [0.2, 0.25) is 11.8 Å². The SMILES string of the molecule is C[C@@]12SC(C3=N[C@@H](Cc4ccccc4)CO3)=CC1=C1CCCC1=C1C=C(C3=N[C@@H](Cc4ccccc4)CO3)S[C@]12C. The maximum absolute atomic E-state index is 6.26. The molecule has 1 fully saturated rings. The van der Waals surface area contributed by atoms with Crippen LogP contribution in [0.4, 0.5) is 0 Å². The van der Waals surface area contributed by atoms with Gasteiger partial charge >= 0.3 is 0 Å². The molecule has 4 aliphatic heterocycles. The molecule has 4 heterocycles. The summed E-state index contributed by atoms with van der Waals surface area (Å²) in [5.74, 6) is 1.65. The summed E-state index contributed by atoms with van der Waals surface area (Å²) in [6.07, 6.45) is 10.2. The molecule has 2 aromatic rings. The normalized spacial score (nSPS) is 31.7. The second-order valence-electron chi connectivity index (χ2n) is 12.1. The van der Waals surface area contributed by atoms with Crippen molar-refractivity contribution in [1.82, 2.24) is 0 Å². The average Bonchev–Trinajstić information content (AvgIpc) is 3.80. The van der Waals surface area contributed by atoms with Gasteiger partial charge in [-0.3, -0.25) is 0 Å². The third-order valence-electron chi connectivity index (χ3n) is 9.46. The highest BCUT2D eigenvalue weighted by molar-refractivity contribution is 8.10. The summed E-state index contributed by atoms with van der Waals surface area (Å²) >= 11 is 3.90. The molecule has 0 amide bonds. The second kappa shape index (κ2) is 9.81. The molecule has 2 aromatic carbocycles. The van der Waals surface area contributed by atoms with Crippen molar-refractivity contribution >= 4 is 35.3 Å². The van der Waals surface area contributed by atoms with Crippen molar-refractivity contribution in [3.63, 3.8) is 0 Å². The first-order chi connectivity index (χ1) is 20.0. The summed E-state index contributed by atoms with van der Waals surface area (Å²) in [7, 11) is 0. The molecule has 0 spiro atoms. The zero-order valence-corrected chi connectivity index (χ0v) is 25.2. The fraction of sp³-hybridized carbons (Fsp3) is 0.371. The number of ether oxygens (including phenoxy) is 2. The van der Waals surface area contributed by atoms with Gasteiger partial charge in [-0.15, -0.1) is 23.5 Å². The molecule has 41 heavy (non-hydrogen) atoms. The number of hydrogen-bond donors (Lipinski definition) is 0. The lowest BCUT2D eigenvalue weighted by atomic mass is 9.72. The van der Waals surface area contributed by atoms with Crippen molar-refractivity contribution in [2.75, 3.05) is 13.2 Å². The molecule has 1 saturated carbocycles. The van der Waals surface area contributed by atoms with Gasteiger partial charge in [0.25, 0.3) is 0 Å². The monoisotopic (exact) mass is 578 g/mol. The molecule has 8 rings (SSSR count). The fourth-order valence-corrected chi connectivity index (χ4v) is 10.3. The first-order valence-electron chi connectivity index (χ1n) is 14.8. The van der Waals surface area contributed by atoms with E-state index in [-0.39, 0.29) is 21.6 Å². The number of hydrogen-bond acceptors (Lipinski definition) is 6. The van der Waals surface area contributed by atoms with E-state index in [4.69, 9.17) is 19.5 Å². The van der Waals surface area contributed by atoms with Gasteiger partial charge in [0, 0.05) is 0 Å². The highest BCUT2D eigenvalue weighted by Gasteiger charge is 2.60. The summed E-state index contributed by atoms with van der Waals surface area (Å²) in [6.45, 7) is 6.18. The molecule has 4 atom stereocenters. The van der Waals surface area contributed by atoms with Gasteiger partial charge in [-0.2, -0.15) is 0 Å². The number of aliphatic imine (C=N–C) groups is 2. The Hall–Kier alpha value is -2.96. The maximum Gasteiger partial charge on any atom is 0.223 e. The van der Waals surface area contributed by atoms with Crippen molar-refractivity contribution < 1.29 is 9.47 Å². The Bertz CT molecular complexity index is 1480. The Labute approximate surface area is 250 Å². The van der Waals surface area contributed by atoms with E-state index in [0.29, 0.717) is 13.2 Å². The Morgan fingerprint density at radius 2 is 1.12 bits per heavy atom. The zero-order chi connectivity index (χ0) is 27.6. The largest absolute Gasteiger partial charge is 0.475 e. The standard InChI is InChI=1S/C35H34N2O2S2/c1-34-28(18-30(40-34)32-36-24(20-38-32)16-22-10-5-3-6-11-22)26-14-9-15-27(26)29-19-31(41-35(29,34)2)33-37-25(21-39-33)17-23-12-7-4-8-13-23/h3-8,10-13,18-19,24-25H,9,14-17,20-21H2,1-2H3/t24-,25-,34+,35+/m0/s1. The minimum Gasteiger partial charge on any atom is -0.475 e. The van der Waals surface area contributed by atoms with Crippen molar-refractivity contribution in [2.24, 2.45) is 9.98 Å². The number of allylic oxidation sites excluding steroid dienone is 4. The Morgan fingerprint density at radius 1 is 0.683 bits per heavy atom. The molecular weight excluding hydrogens is 545 g/mol. The van der Waals surface area contributed by atoms with Crippen LogP contribution in [-0.4, -0.2) is 46.6 Å². The molecular formula is C35H34N2O2S2. The van der Waals surface area contributed by atoms with Crippen LogP contribution in [0.1, 0.15) is 44.2 Å². The van der Waals surface area contributed by atoms with Crippen molar-refractivity contribution in [3.05, 3.63) is 116 Å². The topological polar surface area (TPSA) is 43.2 Å². The molecule has 6 aliphatic rings. The lowest BCUT2D eigenvalue weighted by molar-refractivity contribution is 0.317. The summed E-state index contributed by atoms with van der Waals surface area (Å²) < 4.78 is 12.3. The summed E-state index contributed by atoms with van der Waals surface area (Å²) in [6, 6.07) is 21.6. The van der Waals surface area contributed by atoms with Crippen molar-refractivity contribution in [2.45, 2.75) is 67.5 Å². The van der Waals surface area contributed by atoms with Crippen LogP contribution in [0.2, 0.25) is 0 Å². The second-order valence-corrected chi connectivity index (χ2v) is 15.0. The molecule has 0 radical (unpaired) electrons. The van der Waals surface area contributed by atoms with Crippen LogP contribution in [0, 0.1) is 0 Å². The average molecular weight is 579 g/mol. The van der Waals surface area contributed by atoms with Crippen LogP contribution in [0.5, 0.6) is 0 Å². The van der Waals surface area contributed by atoms with Crippen LogP contribution >= 0.6 is 23.5 Å². The number of thioether (sulfide) groups is 2. The van der Waals surface area contributed by atoms with Crippen LogP contribution in [-0.2, 0) is 22.3 Å². The lowest BCUT2D eigenvalue weighted by Crippen LogP contribution is -2.47. The van der Waals surface area contributed by atoms with Gasteiger partial charge < -0.3 is 9.47 Å². The molecule has 0 saturated heterocycles. The van der Waals surface area contributed by atoms with Gasteiger partial charge in [-0.25, -0.2) is 9.98 Å². The first kappa shape index (κ1) is 25.7. The van der Waals surface area contributed by atoms with E-state index in [9.17, 15) is 0 Å². The van der Waals surface area contributed by atoms with E-state index in [1.165, 1.54) is 38.5 Å². The third kappa shape index (κ3) is 4.20. The van der Waals surface area contributed by atoms with Gasteiger partial charge in [0.15, 0.2) is 0 Å². The Kier molecular flexibility index (Phi) is 6.15. The van der Waals surface area contributed by atoms with E-state index < -0.39 is 0 Å². The Balaban J connectivity index is 1.08. The van der Waals surface area contributed by atoms with Crippen LogP contribution < -0.4 is 0 Å². The minimum atomic E-state index is -0.115. The molecule has 2 aliphatic carbocycles. The number of benzene rings is 2. The zero-order valence-electron chi connectivity index (χ0n) is 23.6. The van der Waals surface area contributed by atoms with E-state index in [0.717, 1.165) is 37.5 Å². The highest BCUT2D eigenvalue weighted by Crippen LogP contribution is 2.68. The van der Waals surface area contributed by atoms with Gasteiger partial charge in [0.1, 0.15) is 13.2 Å².